The Kier molecular flexibility index (Phi) is 4.83. The van der Waals surface area contributed by atoms with Crippen molar-refractivity contribution >= 4 is 17.8 Å². The highest BCUT2D eigenvalue weighted by Crippen LogP contribution is 2.35. The summed E-state index contributed by atoms with van der Waals surface area (Å²) < 4.78 is 15.7. The van der Waals surface area contributed by atoms with Gasteiger partial charge in [0.05, 0.1) is 11.1 Å². The minimum atomic E-state index is -0.603. The standard InChI is InChI=1S/C16H13N3O7/c20-13-3-1-11(19(22)23)5-10(13)7-17-18-16(21)8-24-12-2-4-14-15(6-12)26-9-25-14/h1-7,20H,8-9H2,(H,18,21)/b17-7-. The van der Waals surface area contributed by atoms with E-state index in [2.05, 4.69) is 10.5 Å². The van der Waals surface area contributed by atoms with Gasteiger partial charge in [0, 0.05) is 23.8 Å². The fraction of sp³-hybridized carbons (Fsp3) is 0.125. The molecular weight excluding hydrogens is 346 g/mol. The number of nitrogens with one attached hydrogen (secondary N) is 1. The van der Waals surface area contributed by atoms with Gasteiger partial charge in [0.1, 0.15) is 11.5 Å². The van der Waals surface area contributed by atoms with Crippen molar-refractivity contribution in [3.63, 3.8) is 0 Å². The lowest BCUT2D eigenvalue weighted by Gasteiger charge is -2.05. The van der Waals surface area contributed by atoms with Gasteiger partial charge in [0.25, 0.3) is 11.6 Å². The van der Waals surface area contributed by atoms with Gasteiger partial charge in [-0.25, -0.2) is 5.43 Å². The summed E-state index contributed by atoms with van der Waals surface area (Å²) in [7, 11) is 0. The van der Waals surface area contributed by atoms with E-state index in [9.17, 15) is 20.0 Å². The molecule has 1 heterocycles. The normalized spacial score (nSPS) is 12.2. The van der Waals surface area contributed by atoms with Gasteiger partial charge in [-0.15, -0.1) is 0 Å². The van der Waals surface area contributed by atoms with Gasteiger partial charge in [-0.1, -0.05) is 0 Å². The lowest BCUT2D eigenvalue weighted by molar-refractivity contribution is -0.384. The van der Waals surface area contributed by atoms with Crippen LogP contribution in [0.3, 0.4) is 0 Å². The van der Waals surface area contributed by atoms with Crippen molar-refractivity contribution in [2.24, 2.45) is 5.10 Å². The number of hydrogen-bond acceptors (Lipinski definition) is 8. The fourth-order valence-electron chi connectivity index (χ4n) is 2.08. The van der Waals surface area contributed by atoms with Crippen molar-refractivity contribution in [2.75, 3.05) is 13.4 Å². The summed E-state index contributed by atoms with van der Waals surface area (Å²) in [6.07, 6.45) is 1.10. The molecule has 0 aliphatic carbocycles. The van der Waals surface area contributed by atoms with E-state index in [1.165, 1.54) is 6.07 Å². The number of nitro groups is 1. The quantitative estimate of drug-likeness (QED) is 0.454. The van der Waals surface area contributed by atoms with E-state index < -0.39 is 10.8 Å². The van der Waals surface area contributed by atoms with Crippen LogP contribution in [0.5, 0.6) is 23.0 Å². The van der Waals surface area contributed by atoms with Gasteiger partial charge in [0.2, 0.25) is 6.79 Å². The maximum atomic E-state index is 11.7. The van der Waals surface area contributed by atoms with Crippen molar-refractivity contribution in [3.8, 4) is 23.0 Å². The molecule has 26 heavy (non-hydrogen) atoms. The number of fused-ring (bicyclic) bond motifs is 1. The van der Waals surface area contributed by atoms with Gasteiger partial charge in [0.15, 0.2) is 18.1 Å². The van der Waals surface area contributed by atoms with Crippen LogP contribution in [0.25, 0.3) is 0 Å². The van der Waals surface area contributed by atoms with Crippen LogP contribution in [0.2, 0.25) is 0 Å². The van der Waals surface area contributed by atoms with Gasteiger partial charge >= 0.3 is 0 Å². The number of ether oxygens (including phenoxy) is 3. The molecule has 0 spiro atoms. The SMILES string of the molecule is O=C(COc1ccc2c(c1)OCO2)N/N=C\c1cc([N+](=O)[O-])ccc1O. The van der Waals surface area contributed by atoms with Crippen LogP contribution >= 0.6 is 0 Å². The van der Waals surface area contributed by atoms with Gasteiger partial charge in [-0.05, 0) is 18.2 Å². The van der Waals surface area contributed by atoms with Crippen LogP contribution in [-0.2, 0) is 4.79 Å². The van der Waals surface area contributed by atoms with Gasteiger partial charge < -0.3 is 19.3 Å². The number of hydrogen-bond donors (Lipinski definition) is 2. The van der Waals surface area contributed by atoms with Gasteiger partial charge in [-0.2, -0.15) is 5.10 Å². The highest BCUT2D eigenvalue weighted by molar-refractivity contribution is 5.86. The minimum Gasteiger partial charge on any atom is -0.507 e. The Morgan fingerprint density at radius 3 is 2.92 bits per heavy atom. The first-order valence-electron chi connectivity index (χ1n) is 7.34. The number of carbonyl (C=O) groups is 1. The Morgan fingerprint density at radius 1 is 1.31 bits per heavy atom. The summed E-state index contributed by atoms with van der Waals surface area (Å²) in [6, 6.07) is 8.35. The summed E-state index contributed by atoms with van der Waals surface area (Å²) in [6.45, 7) is -0.170. The van der Waals surface area contributed by atoms with Gasteiger partial charge in [-0.3, -0.25) is 14.9 Å². The van der Waals surface area contributed by atoms with Crippen molar-refractivity contribution < 1.29 is 29.0 Å². The largest absolute Gasteiger partial charge is 0.507 e. The molecule has 0 saturated heterocycles. The predicted octanol–water partition coefficient (Wildman–Crippen LogP) is 1.56. The van der Waals surface area contributed by atoms with Crippen LogP contribution in [0, 0.1) is 10.1 Å². The van der Waals surface area contributed by atoms with E-state index >= 15 is 0 Å². The van der Waals surface area contributed by atoms with Crippen LogP contribution in [0.4, 0.5) is 5.69 Å². The zero-order chi connectivity index (χ0) is 18.5. The van der Waals surface area contributed by atoms with E-state index in [1.54, 1.807) is 18.2 Å². The third-order valence-corrected chi connectivity index (χ3v) is 3.33. The zero-order valence-electron chi connectivity index (χ0n) is 13.2. The van der Waals surface area contributed by atoms with Crippen molar-refractivity contribution in [3.05, 3.63) is 52.1 Å². The summed E-state index contributed by atoms with van der Waals surface area (Å²) in [5.74, 6) is 0.795. The molecule has 0 radical (unpaired) electrons. The Balaban J connectivity index is 1.53. The predicted molar refractivity (Wildman–Crippen MR) is 88.6 cm³/mol. The second kappa shape index (κ2) is 7.38. The summed E-state index contributed by atoms with van der Waals surface area (Å²) >= 11 is 0. The molecule has 0 fully saturated rings. The highest BCUT2D eigenvalue weighted by Gasteiger charge is 2.14. The van der Waals surface area contributed by atoms with Crippen molar-refractivity contribution in [1.82, 2.24) is 5.43 Å². The lowest BCUT2D eigenvalue weighted by Crippen LogP contribution is -2.24. The molecule has 0 atom stereocenters. The Bertz CT molecular complexity index is 882. The molecule has 0 unspecified atom stereocenters. The molecular formula is C16H13N3O7. The second-order valence-corrected chi connectivity index (χ2v) is 5.10. The van der Waals surface area contributed by atoms with E-state index in [1.807, 2.05) is 0 Å². The number of hydrazone groups is 1. The third-order valence-electron chi connectivity index (χ3n) is 3.33. The number of amides is 1. The summed E-state index contributed by atoms with van der Waals surface area (Å²) in [5, 5.41) is 24.0. The first-order chi connectivity index (χ1) is 12.5. The maximum absolute atomic E-state index is 11.7. The number of benzene rings is 2. The molecule has 1 amide bonds. The molecule has 2 N–H and O–H groups in total. The number of rotatable bonds is 6. The highest BCUT2D eigenvalue weighted by atomic mass is 16.7. The molecule has 0 saturated carbocycles. The number of carbonyl (C=O) groups excluding carboxylic acids is 1. The smallest absolute Gasteiger partial charge is 0.277 e. The first-order valence-corrected chi connectivity index (χ1v) is 7.34. The summed E-state index contributed by atoms with van der Waals surface area (Å²) in [5.41, 5.74) is 2.09. The molecule has 2 aromatic carbocycles. The van der Waals surface area contributed by atoms with Crippen LogP contribution in [0.15, 0.2) is 41.5 Å². The molecule has 3 rings (SSSR count). The van der Waals surface area contributed by atoms with E-state index in [0.717, 1.165) is 18.3 Å². The number of nitrogens with zero attached hydrogens (tertiary/aromatic N) is 2. The second-order valence-electron chi connectivity index (χ2n) is 5.10. The molecule has 2 aromatic rings. The van der Waals surface area contributed by atoms with E-state index in [4.69, 9.17) is 14.2 Å². The number of non-ortho nitro benzene ring substituents is 1. The molecule has 0 aromatic heterocycles. The van der Waals surface area contributed by atoms with Crippen molar-refractivity contribution in [1.29, 1.82) is 0 Å². The molecule has 10 heteroatoms. The third kappa shape index (κ3) is 3.98. The Morgan fingerprint density at radius 2 is 2.12 bits per heavy atom. The summed E-state index contributed by atoms with van der Waals surface area (Å²) in [4.78, 5) is 21.8. The minimum absolute atomic E-state index is 0.0937. The topological polar surface area (TPSA) is 133 Å². The van der Waals surface area contributed by atoms with Crippen LogP contribution in [-0.4, -0.2) is 35.6 Å². The Labute approximate surface area is 146 Å². The zero-order valence-corrected chi connectivity index (χ0v) is 13.2. The van der Waals surface area contributed by atoms with Crippen LogP contribution in [0.1, 0.15) is 5.56 Å². The average molecular weight is 359 g/mol. The number of phenols is 1. The Hall–Kier alpha value is -3.82. The number of nitro benzene ring substituents is 1. The average Bonchev–Trinajstić information content (AvgIpc) is 3.09. The van der Waals surface area contributed by atoms with Crippen molar-refractivity contribution in [2.45, 2.75) is 0 Å². The van der Waals surface area contributed by atoms with E-state index in [0.29, 0.717) is 17.2 Å². The molecule has 1 aliphatic rings. The molecule has 1 aliphatic heterocycles. The molecule has 0 bridgehead atoms. The lowest BCUT2D eigenvalue weighted by atomic mass is 10.2. The monoisotopic (exact) mass is 359 g/mol. The molecule has 10 nitrogen and oxygen atoms in total. The first kappa shape index (κ1) is 17.0. The van der Waals surface area contributed by atoms with Crippen LogP contribution < -0.4 is 19.6 Å². The fourth-order valence-corrected chi connectivity index (χ4v) is 2.08. The number of phenolic OH excluding ortho intramolecular Hbond substituents is 1. The maximum Gasteiger partial charge on any atom is 0.277 e. The van der Waals surface area contributed by atoms with E-state index in [-0.39, 0.29) is 30.4 Å². The molecule has 134 valence electrons. The number of aromatic hydroxyl groups is 1.